The van der Waals surface area contributed by atoms with Crippen LogP contribution in [0.1, 0.15) is 38.2 Å². The molecule has 1 amide bonds. The van der Waals surface area contributed by atoms with Crippen LogP contribution >= 0.6 is 0 Å². The Morgan fingerprint density at radius 1 is 1.35 bits per heavy atom. The molecule has 0 aliphatic heterocycles. The molecule has 0 heterocycles. The lowest BCUT2D eigenvalue weighted by molar-refractivity contribution is -0.120. The fourth-order valence-corrected chi connectivity index (χ4v) is 3.00. The Balaban J connectivity index is 1.68. The summed E-state index contributed by atoms with van der Waals surface area (Å²) >= 11 is 0. The number of benzene rings is 1. The average Bonchev–Trinajstić information content (AvgIpc) is 2.53. The second kappa shape index (κ2) is 8.87. The van der Waals surface area contributed by atoms with Crippen molar-refractivity contribution in [2.45, 2.75) is 45.1 Å². The van der Waals surface area contributed by atoms with E-state index >= 15 is 0 Å². The molecular formula is C18H26FNO3. The van der Waals surface area contributed by atoms with Crippen molar-refractivity contribution in [2.75, 3.05) is 20.3 Å². The molecule has 1 saturated carbocycles. The molecule has 1 fully saturated rings. The molecule has 0 saturated heterocycles. The van der Waals surface area contributed by atoms with Crippen LogP contribution in [0, 0.1) is 11.7 Å². The van der Waals surface area contributed by atoms with Crippen molar-refractivity contribution < 1.29 is 18.7 Å². The van der Waals surface area contributed by atoms with Crippen molar-refractivity contribution in [3.63, 3.8) is 0 Å². The van der Waals surface area contributed by atoms with Crippen molar-refractivity contribution >= 4 is 5.91 Å². The summed E-state index contributed by atoms with van der Waals surface area (Å²) in [4.78, 5) is 11.9. The first-order chi connectivity index (χ1) is 11.1. The average molecular weight is 323 g/mol. The number of halogens is 1. The summed E-state index contributed by atoms with van der Waals surface area (Å²) in [6.45, 7) is 3.24. The molecule has 0 radical (unpaired) electrons. The molecule has 1 aromatic carbocycles. The summed E-state index contributed by atoms with van der Waals surface area (Å²) in [7, 11) is 1.41. The molecule has 1 aliphatic rings. The van der Waals surface area contributed by atoms with Crippen molar-refractivity contribution in [3.05, 3.63) is 29.6 Å². The summed E-state index contributed by atoms with van der Waals surface area (Å²) < 4.78 is 24.3. The molecular weight excluding hydrogens is 297 g/mol. The molecule has 128 valence electrons. The Bertz CT molecular complexity index is 521. The van der Waals surface area contributed by atoms with Crippen LogP contribution in [0.4, 0.5) is 4.39 Å². The Labute approximate surface area is 137 Å². The molecule has 1 aliphatic carbocycles. The zero-order valence-electron chi connectivity index (χ0n) is 13.9. The Morgan fingerprint density at radius 3 is 2.83 bits per heavy atom. The van der Waals surface area contributed by atoms with E-state index in [4.69, 9.17) is 9.47 Å². The van der Waals surface area contributed by atoms with Gasteiger partial charge >= 0.3 is 0 Å². The van der Waals surface area contributed by atoms with Gasteiger partial charge in [0.1, 0.15) is 0 Å². The third kappa shape index (κ3) is 5.50. The third-order valence-electron chi connectivity index (χ3n) is 4.37. The lowest BCUT2D eigenvalue weighted by Crippen LogP contribution is -2.32. The van der Waals surface area contributed by atoms with Crippen LogP contribution in [0.3, 0.4) is 0 Å². The minimum Gasteiger partial charge on any atom is -0.494 e. The van der Waals surface area contributed by atoms with Crippen molar-refractivity contribution in [2.24, 2.45) is 5.92 Å². The molecule has 0 spiro atoms. The van der Waals surface area contributed by atoms with Gasteiger partial charge in [-0.05, 0) is 36.5 Å². The fraction of sp³-hybridized carbons (Fsp3) is 0.611. The van der Waals surface area contributed by atoms with Gasteiger partial charge in [0.15, 0.2) is 11.6 Å². The summed E-state index contributed by atoms with van der Waals surface area (Å²) in [6.07, 6.45) is 5.32. The number of ether oxygens (including phenoxy) is 2. The first-order valence-electron chi connectivity index (χ1n) is 8.31. The van der Waals surface area contributed by atoms with Gasteiger partial charge in [0, 0.05) is 6.54 Å². The molecule has 1 N–H and O–H groups in total. The molecule has 1 aromatic rings. The first kappa shape index (κ1) is 17.7. The SMILES string of the molecule is COc1ccc(CC(=O)NCCO[C@H]2CCCC[C@H]2C)cc1F. The lowest BCUT2D eigenvalue weighted by Gasteiger charge is -2.28. The van der Waals surface area contributed by atoms with Crippen LogP contribution in [0.5, 0.6) is 5.75 Å². The van der Waals surface area contributed by atoms with Crippen molar-refractivity contribution in [1.29, 1.82) is 0 Å². The smallest absolute Gasteiger partial charge is 0.224 e. The number of nitrogens with one attached hydrogen (secondary N) is 1. The van der Waals surface area contributed by atoms with E-state index in [2.05, 4.69) is 12.2 Å². The van der Waals surface area contributed by atoms with Gasteiger partial charge in [-0.3, -0.25) is 4.79 Å². The van der Waals surface area contributed by atoms with E-state index in [1.165, 1.54) is 38.5 Å². The predicted molar refractivity (Wildman–Crippen MR) is 87.0 cm³/mol. The zero-order chi connectivity index (χ0) is 16.7. The van der Waals surface area contributed by atoms with E-state index < -0.39 is 5.82 Å². The molecule has 0 unspecified atom stereocenters. The number of rotatable bonds is 7. The largest absolute Gasteiger partial charge is 0.494 e. The normalized spacial score (nSPS) is 21.0. The van der Waals surface area contributed by atoms with E-state index in [1.54, 1.807) is 6.07 Å². The Hall–Kier alpha value is -1.62. The summed E-state index contributed by atoms with van der Waals surface area (Å²) in [5.41, 5.74) is 0.627. The number of hydrogen-bond donors (Lipinski definition) is 1. The van der Waals surface area contributed by atoms with Crippen molar-refractivity contribution in [3.8, 4) is 5.75 Å². The number of hydrogen-bond acceptors (Lipinski definition) is 3. The standard InChI is InChI=1S/C18H26FNO3/c1-13-5-3-4-6-16(13)23-10-9-20-18(21)12-14-7-8-17(22-2)15(19)11-14/h7-8,11,13,16H,3-6,9-10,12H2,1-2H3,(H,20,21)/t13-,16+/m1/s1. The highest BCUT2D eigenvalue weighted by Gasteiger charge is 2.21. The first-order valence-corrected chi connectivity index (χ1v) is 8.31. The van der Waals surface area contributed by atoms with Crippen LogP contribution in [0.2, 0.25) is 0 Å². The van der Waals surface area contributed by atoms with Crippen LogP contribution in [0.25, 0.3) is 0 Å². The van der Waals surface area contributed by atoms with E-state index in [1.807, 2.05) is 0 Å². The number of carbonyl (C=O) groups is 1. The fourth-order valence-electron chi connectivity index (χ4n) is 3.00. The molecule has 23 heavy (non-hydrogen) atoms. The number of amides is 1. The minimum absolute atomic E-state index is 0.130. The summed E-state index contributed by atoms with van der Waals surface area (Å²) in [6, 6.07) is 4.56. The number of methoxy groups -OCH3 is 1. The second-order valence-corrected chi connectivity index (χ2v) is 6.17. The van der Waals surface area contributed by atoms with Gasteiger partial charge in [-0.15, -0.1) is 0 Å². The lowest BCUT2D eigenvalue weighted by atomic mass is 9.88. The number of carbonyl (C=O) groups excluding carboxylic acids is 1. The quantitative estimate of drug-likeness (QED) is 0.785. The van der Waals surface area contributed by atoms with Gasteiger partial charge in [-0.25, -0.2) is 4.39 Å². The molecule has 2 atom stereocenters. The monoisotopic (exact) mass is 323 g/mol. The van der Waals surface area contributed by atoms with E-state index in [9.17, 15) is 9.18 Å². The highest BCUT2D eigenvalue weighted by molar-refractivity contribution is 5.78. The third-order valence-corrected chi connectivity index (χ3v) is 4.37. The second-order valence-electron chi connectivity index (χ2n) is 6.17. The van der Waals surface area contributed by atoms with Gasteiger partial charge < -0.3 is 14.8 Å². The maximum Gasteiger partial charge on any atom is 0.224 e. The van der Waals surface area contributed by atoms with Crippen LogP contribution in [0.15, 0.2) is 18.2 Å². The maximum atomic E-state index is 13.6. The summed E-state index contributed by atoms with van der Waals surface area (Å²) in [5.74, 6) is 0.202. The van der Waals surface area contributed by atoms with Gasteiger partial charge in [-0.2, -0.15) is 0 Å². The summed E-state index contributed by atoms with van der Waals surface area (Å²) in [5, 5.41) is 2.82. The molecule has 2 rings (SSSR count). The van der Waals surface area contributed by atoms with Crippen LogP contribution in [-0.4, -0.2) is 32.3 Å². The van der Waals surface area contributed by atoms with Crippen LogP contribution in [-0.2, 0) is 16.0 Å². The topological polar surface area (TPSA) is 47.6 Å². The predicted octanol–water partition coefficient (Wildman–Crippen LogP) is 3.09. The van der Waals surface area contributed by atoms with Crippen LogP contribution < -0.4 is 10.1 Å². The van der Waals surface area contributed by atoms with E-state index in [0.717, 1.165) is 6.42 Å². The maximum absolute atomic E-state index is 13.6. The van der Waals surface area contributed by atoms with E-state index in [-0.39, 0.29) is 18.1 Å². The molecule has 0 bridgehead atoms. The molecule has 0 aromatic heterocycles. The van der Waals surface area contributed by atoms with Gasteiger partial charge in [0.2, 0.25) is 5.91 Å². The Morgan fingerprint density at radius 2 is 2.13 bits per heavy atom. The van der Waals surface area contributed by atoms with Gasteiger partial charge in [0.05, 0.1) is 26.2 Å². The molecule has 5 heteroatoms. The van der Waals surface area contributed by atoms with Gasteiger partial charge in [0.25, 0.3) is 0 Å². The van der Waals surface area contributed by atoms with Gasteiger partial charge in [-0.1, -0.05) is 25.8 Å². The Kier molecular flexibility index (Phi) is 6.84. The molecule has 4 nitrogen and oxygen atoms in total. The highest BCUT2D eigenvalue weighted by Crippen LogP contribution is 2.26. The van der Waals surface area contributed by atoms with Crippen molar-refractivity contribution in [1.82, 2.24) is 5.32 Å². The highest BCUT2D eigenvalue weighted by atomic mass is 19.1. The zero-order valence-corrected chi connectivity index (χ0v) is 13.9. The van der Waals surface area contributed by atoms with E-state index in [0.29, 0.717) is 30.7 Å². The minimum atomic E-state index is -0.451.